The van der Waals surface area contributed by atoms with Crippen LogP contribution in [0.2, 0.25) is 0 Å². The van der Waals surface area contributed by atoms with Crippen LogP contribution in [0.1, 0.15) is 36.5 Å². The van der Waals surface area contributed by atoms with Crippen molar-refractivity contribution >= 4 is 34.2 Å². The molecule has 0 bridgehead atoms. The van der Waals surface area contributed by atoms with Gasteiger partial charge in [0.2, 0.25) is 5.91 Å². The summed E-state index contributed by atoms with van der Waals surface area (Å²) in [5.41, 5.74) is 0.707. The average molecular weight is 407 g/mol. The van der Waals surface area contributed by atoms with Crippen molar-refractivity contribution in [1.82, 2.24) is 14.5 Å². The van der Waals surface area contributed by atoms with Gasteiger partial charge in [-0.05, 0) is 43.2 Å². The molecule has 1 aliphatic rings. The third-order valence-electron chi connectivity index (χ3n) is 5.05. The van der Waals surface area contributed by atoms with Gasteiger partial charge in [0, 0.05) is 37.1 Å². The molecule has 9 heteroatoms. The molecule has 2 N–H and O–H groups in total. The summed E-state index contributed by atoms with van der Waals surface area (Å²) in [5.74, 6) is -0.331. The fraction of sp³-hybridized carbons (Fsp3) is 0.286. The summed E-state index contributed by atoms with van der Waals surface area (Å²) in [4.78, 5) is 56.9. The first-order chi connectivity index (χ1) is 14.5. The molecule has 0 saturated carbocycles. The van der Waals surface area contributed by atoms with Gasteiger partial charge < -0.3 is 10.2 Å². The van der Waals surface area contributed by atoms with Gasteiger partial charge >= 0.3 is 5.69 Å². The molecule has 2 aromatic heterocycles. The number of nitrogens with one attached hydrogen (secondary N) is 2. The normalized spacial score (nSPS) is 13.8. The van der Waals surface area contributed by atoms with Crippen molar-refractivity contribution in [3.8, 4) is 0 Å². The van der Waals surface area contributed by atoms with Crippen LogP contribution in [0.4, 0.5) is 11.4 Å². The number of amides is 2. The number of benzene rings is 1. The highest BCUT2D eigenvalue weighted by Gasteiger charge is 2.21. The molecule has 2 amide bonds. The summed E-state index contributed by atoms with van der Waals surface area (Å²) in [7, 11) is 0. The molecule has 0 aliphatic carbocycles. The lowest BCUT2D eigenvalue weighted by Crippen LogP contribution is -2.31. The quantitative estimate of drug-likeness (QED) is 0.670. The fourth-order valence-electron chi connectivity index (χ4n) is 3.57. The molecule has 0 atom stereocenters. The Morgan fingerprint density at radius 3 is 2.63 bits per heavy atom. The molecular formula is C21H21N5O4. The molecule has 154 valence electrons. The van der Waals surface area contributed by atoms with E-state index < -0.39 is 17.2 Å². The monoisotopic (exact) mass is 407 g/mol. The molecule has 4 rings (SSSR count). The van der Waals surface area contributed by atoms with Crippen LogP contribution in [0.3, 0.4) is 0 Å². The number of aromatic amines is 1. The molecule has 1 aliphatic heterocycles. The zero-order valence-corrected chi connectivity index (χ0v) is 16.5. The predicted molar refractivity (Wildman–Crippen MR) is 113 cm³/mol. The lowest BCUT2D eigenvalue weighted by atomic mass is 10.2. The third kappa shape index (κ3) is 3.61. The molecule has 30 heavy (non-hydrogen) atoms. The molecule has 1 saturated heterocycles. The van der Waals surface area contributed by atoms with E-state index in [9.17, 15) is 19.2 Å². The first-order valence-electron chi connectivity index (χ1n) is 9.82. The number of carbonyl (C=O) groups is 2. The number of nitrogens with zero attached hydrogens (tertiary/aromatic N) is 3. The van der Waals surface area contributed by atoms with Gasteiger partial charge in [0.1, 0.15) is 5.65 Å². The zero-order chi connectivity index (χ0) is 21.3. The minimum Gasteiger partial charge on any atom is -0.322 e. The smallest absolute Gasteiger partial charge is 0.322 e. The van der Waals surface area contributed by atoms with E-state index in [0.717, 1.165) is 12.1 Å². The van der Waals surface area contributed by atoms with Crippen molar-refractivity contribution in [2.75, 3.05) is 16.8 Å². The van der Waals surface area contributed by atoms with E-state index in [2.05, 4.69) is 15.3 Å². The lowest BCUT2D eigenvalue weighted by Gasteiger charge is -2.16. The van der Waals surface area contributed by atoms with Gasteiger partial charge in [-0.1, -0.05) is 6.92 Å². The number of rotatable bonds is 5. The number of aryl methyl sites for hydroxylation is 1. The van der Waals surface area contributed by atoms with Crippen LogP contribution >= 0.6 is 0 Å². The Morgan fingerprint density at radius 1 is 1.20 bits per heavy atom. The Morgan fingerprint density at radius 2 is 1.97 bits per heavy atom. The molecule has 3 aromatic rings. The number of aromatic nitrogens is 3. The summed E-state index contributed by atoms with van der Waals surface area (Å²) in [6, 6.07) is 8.44. The van der Waals surface area contributed by atoms with Crippen molar-refractivity contribution in [1.29, 1.82) is 0 Å². The van der Waals surface area contributed by atoms with Crippen LogP contribution in [-0.2, 0) is 11.3 Å². The molecule has 9 nitrogen and oxygen atoms in total. The number of anilines is 2. The van der Waals surface area contributed by atoms with Crippen LogP contribution in [-0.4, -0.2) is 32.9 Å². The zero-order valence-electron chi connectivity index (χ0n) is 16.5. The maximum atomic E-state index is 12.6. The van der Waals surface area contributed by atoms with Crippen molar-refractivity contribution in [2.45, 2.75) is 32.7 Å². The van der Waals surface area contributed by atoms with E-state index in [1.54, 1.807) is 29.2 Å². The molecule has 0 radical (unpaired) electrons. The number of hydrogen-bond donors (Lipinski definition) is 2. The first-order valence-corrected chi connectivity index (χ1v) is 9.82. The predicted octanol–water partition coefficient (Wildman–Crippen LogP) is 1.87. The molecule has 1 fully saturated rings. The Hall–Kier alpha value is -3.75. The average Bonchev–Trinajstić information content (AvgIpc) is 3.17. The standard InChI is InChI=1S/C21H21N5O4/c1-2-9-26-18-16(20(29)24-21(26)30)11-13(12-22-18)19(28)23-14-5-7-15(8-6-14)25-10-3-4-17(25)27/h5-8,11-12H,2-4,9-10H2,1H3,(H,23,28)(H,24,29,30). The highest BCUT2D eigenvalue weighted by Crippen LogP contribution is 2.23. The first kappa shape index (κ1) is 19.6. The summed E-state index contributed by atoms with van der Waals surface area (Å²) >= 11 is 0. The largest absolute Gasteiger partial charge is 0.329 e. The SMILES string of the molecule is CCCn1c(=O)[nH]c(=O)c2cc(C(=O)Nc3ccc(N4CCCC4=O)cc3)cnc21. The highest BCUT2D eigenvalue weighted by atomic mass is 16.2. The molecule has 0 spiro atoms. The topological polar surface area (TPSA) is 117 Å². The summed E-state index contributed by atoms with van der Waals surface area (Å²) in [5, 5.41) is 2.94. The minimum absolute atomic E-state index is 0.0980. The van der Waals surface area contributed by atoms with Gasteiger partial charge in [0.15, 0.2) is 0 Å². The van der Waals surface area contributed by atoms with Crippen molar-refractivity contribution < 1.29 is 9.59 Å². The Labute approximate surface area is 171 Å². The maximum absolute atomic E-state index is 12.6. The van der Waals surface area contributed by atoms with E-state index in [4.69, 9.17) is 0 Å². The minimum atomic E-state index is -0.580. The van der Waals surface area contributed by atoms with E-state index in [0.29, 0.717) is 31.6 Å². The van der Waals surface area contributed by atoms with Gasteiger partial charge in [-0.25, -0.2) is 9.78 Å². The lowest BCUT2D eigenvalue weighted by molar-refractivity contribution is -0.117. The van der Waals surface area contributed by atoms with Gasteiger partial charge in [-0.3, -0.25) is 23.9 Å². The molecular weight excluding hydrogens is 386 g/mol. The molecule has 0 unspecified atom stereocenters. The Balaban J connectivity index is 1.58. The van der Waals surface area contributed by atoms with Crippen LogP contribution in [0.15, 0.2) is 46.1 Å². The van der Waals surface area contributed by atoms with Gasteiger partial charge in [-0.2, -0.15) is 0 Å². The Bertz CT molecular complexity index is 1240. The number of carbonyl (C=O) groups excluding carboxylic acids is 2. The van der Waals surface area contributed by atoms with Gasteiger partial charge in [0.05, 0.1) is 10.9 Å². The Kier molecular flexibility index (Phi) is 5.18. The second kappa shape index (κ2) is 7.94. The highest BCUT2D eigenvalue weighted by molar-refractivity contribution is 6.05. The number of hydrogen-bond acceptors (Lipinski definition) is 5. The molecule has 1 aromatic carbocycles. The second-order valence-corrected chi connectivity index (χ2v) is 7.16. The second-order valence-electron chi connectivity index (χ2n) is 7.16. The maximum Gasteiger partial charge on any atom is 0.329 e. The van der Waals surface area contributed by atoms with E-state index in [1.807, 2.05) is 6.92 Å². The van der Waals surface area contributed by atoms with Crippen molar-refractivity contribution in [2.24, 2.45) is 0 Å². The van der Waals surface area contributed by atoms with Gasteiger partial charge in [0.25, 0.3) is 11.5 Å². The van der Waals surface area contributed by atoms with E-state index >= 15 is 0 Å². The third-order valence-corrected chi connectivity index (χ3v) is 5.05. The van der Waals surface area contributed by atoms with Crippen molar-refractivity contribution in [3.05, 3.63) is 62.9 Å². The number of pyridine rings is 1. The van der Waals surface area contributed by atoms with Crippen LogP contribution in [0, 0.1) is 0 Å². The summed E-state index contributed by atoms with van der Waals surface area (Å²) < 4.78 is 1.39. The summed E-state index contributed by atoms with van der Waals surface area (Å²) in [6.07, 6.45) is 3.44. The number of H-pyrrole nitrogens is 1. The van der Waals surface area contributed by atoms with Crippen molar-refractivity contribution in [3.63, 3.8) is 0 Å². The molecule has 3 heterocycles. The van der Waals surface area contributed by atoms with E-state index in [1.165, 1.54) is 16.8 Å². The fourth-order valence-corrected chi connectivity index (χ4v) is 3.57. The van der Waals surface area contributed by atoms with Crippen LogP contribution in [0.25, 0.3) is 11.0 Å². The van der Waals surface area contributed by atoms with Crippen LogP contribution < -0.4 is 21.5 Å². The van der Waals surface area contributed by atoms with Crippen LogP contribution in [0.5, 0.6) is 0 Å². The number of fused-ring (bicyclic) bond motifs is 1. The summed E-state index contributed by atoms with van der Waals surface area (Å²) in [6.45, 7) is 3.03. The van der Waals surface area contributed by atoms with Gasteiger partial charge in [-0.15, -0.1) is 0 Å². The van der Waals surface area contributed by atoms with E-state index in [-0.39, 0.29) is 22.5 Å².